The van der Waals surface area contributed by atoms with Gasteiger partial charge < -0.3 is 14.6 Å². The van der Waals surface area contributed by atoms with Crippen LogP contribution in [0.3, 0.4) is 0 Å². The molecule has 0 bridgehead atoms. The van der Waals surface area contributed by atoms with Crippen LogP contribution < -0.4 is 4.90 Å². The summed E-state index contributed by atoms with van der Waals surface area (Å²) in [7, 11) is 1.65. The Morgan fingerprint density at radius 1 is 1.08 bits per heavy atom. The van der Waals surface area contributed by atoms with Crippen LogP contribution in [-0.4, -0.2) is 30.0 Å². The summed E-state index contributed by atoms with van der Waals surface area (Å²) >= 11 is 3.42. The van der Waals surface area contributed by atoms with E-state index < -0.39 is 12.1 Å². The van der Waals surface area contributed by atoms with Crippen molar-refractivity contribution in [1.29, 1.82) is 0 Å². The molecule has 5 nitrogen and oxygen atoms in total. The number of hydrogen-bond donors (Lipinski definition) is 1. The van der Waals surface area contributed by atoms with Gasteiger partial charge in [0.25, 0.3) is 5.91 Å². The Kier molecular flexibility index (Phi) is 4.90. The number of benzene rings is 2. The van der Waals surface area contributed by atoms with Crippen LogP contribution in [-0.2, 0) is 9.53 Å². The smallest absolute Gasteiger partial charge is 0.356 e. The first kappa shape index (κ1) is 17.2. The molecule has 1 amide bonds. The van der Waals surface area contributed by atoms with Crippen LogP contribution in [0.2, 0.25) is 0 Å². The summed E-state index contributed by atoms with van der Waals surface area (Å²) < 4.78 is 5.99. The highest BCUT2D eigenvalue weighted by Crippen LogP contribution is 2.28. The van der Waals surface area contributed by atoms with Gasteiger partial charge in [0.2, 0.25) is 0 Å². The number of likely N-dealkylation sites (N-methyl/N-ethyl adjacent to an activating group) is 1. The fourth-order valence-electron chi connectivity index (χ4n) is 2.57. The first-order valence-corrected chi connectivity index (χ1v) is 8.58. The summed E-state index contributed by atoms with van der Waals surface area (Å²) in [6.07, 6.45) is -0.906. The second-order valence-electron chi connectivity index (χ2n) is 5.64. The minimum Gasteiger partial charge on any atom is -0.448 e. The van der Waals surface area contributed by atoms with Crippen molar-refractivity contribution in [2.45, 2.75) is 13.0 Å². The second kappa shape index (κ2) is 7.11. The number of esters is 1. The van der Waals surface area contributed by atoms with Crippen LogP contribution in [0.1, 0.15) is 17.4 Å². The molecule has 0 aliphatic rings. The number of carbonyl (C=O) groups is 2. The van der Waals surface area contributed by atoms with E-state index in [2.05, 4.69) is 20.9 Å². The number of aromatic nitrogens is 1. The van der Waals surface area contributed by atoms with Crippen LogP contribution in [0.25, 0.3) is 10.9 Å². The molecule has 3 aromatic rings. The summed E-state index contributed by atoms with van der Waals surface area (Å²) in [5.41, 5.74) is 1.85. The average molecular weight is 401 g/mol. The fraction of sp³-hybridized carbons (Fsp3) is 0.158. The molecule has 1 heterocycles. The number of aromatic amines is 1. The molecule has 0 aliphatic carbocycles. The summed E-state index contributed by atoms with van der Waals surface area (Å²) in [4.78, 5) is 29.4. The summed E-state index contributed by atoms with van der Waals surface area (Å²) in [6.45, 7) is 1.57. The number of nitrogens with zero attached hydrogens (tertiary/aromatic N) is 1. The van der Waals surface area contributed by atoms with E-state index in [-0.39, 0.29) is 5.91 Å². The molecule has 0 spiro atoms. The molecule has 1 N–H and O–H groups in total. The van der Waals surface area contributed by atoms with Gasteiger partial charge in [-0.3, -0.25) is 4.79 Å². The third-order valence-corrected chi connectivity index (χ3v) is 4.78. The molecule has 1 aromatic heterocycles. The van der Waals surface area contributed by atoms with Gasteiger partial charge in [0.05, 0.1) is 4.47 Å². The lowest BCUT2D eigenvalue weighted by molar-refractivity contribution is -0.126. The molecule has 0 saturated heterocycles. The highest BCUT2D eigenvalue weighted by molar-refractivity contribution is 9.10. The van der Waals surface area contributed by atoms with Gasteiger partial charge in [-0.15, -0.1) is 0 Å². The highest BCUT2D eigenvalue weighted by atomic mass is 79.9. The summed E-state index contributed by atoms with van der Waals surface area (Å²) in [5, 5.41) is 0.884. The van der Waals surface area contributed by atoms with Crippen molar-refractivity contribution in [1.82, 2.24) is 4.98 Å². The van der Waals surface area contributed by atoms with E-state index in [1.807, 2.05) is 54.6 Å². The number of amides is 1. The third-order valence-electron chi connectivity index (χ3n) is 3.95. The van der Waals surface area contributed by atoms with Gasteiger partial charge in [-0.05, 0) is 41.1 Å². The molecule has 3 rings (SSSR count). The number of fused-ring (bicyclic) bond motifs is 1. The number of H-pyrrole nitrogens is 1. The standard InChI is InChI=1S/C19H17BrN2O3/c1-12(18(23)22(2)13-8-4-3-5-9-13)25-19(24)17-16(20)14-10-6-7-11-15(14)21-17/h3-12,21H,1-2H3. The number of anilines is 1. The number of hydrogen-bond acceptors (Lipinski definition) is 3. The van der Waals surface area contributed by atoms with Gasteiger partial charge in [0, 0.05) is 23.6 Å². The van der Waals surface area contributed by atoms with Crippen molar-refractivity contribution in [3.63, 3.8) is 0 Å². The predicted molar refractivity (Wildman–Crippen MR) is 101 cm³/mol. The van der Waals surface area contributed by atoms with Crippen molar-refractivity contribution in [2.75, 3.05) is 11.9 Å². The van der Waals surface area contributed by atoms with Crippen LogP contribution >= 0.6 is 15.9 Å². The Balaban J connectivity index is 1.75. The monoisotopic (exact) mass is 400 g/mol. The first-order valence-electron chi connectivity index (χ1n) is 7.79. The topological polar surface area (TPSA) is 62.4 Å². The molecule has 1 unspecified atom stereocenters. The normalized spacial score (nSPS) is 12.0. The number of nitrogens with one attached hydrogen (secondary N) is 1. The Morgan fingerprint density at radius 3 is 2.40 bits per heavy atom. The Labute approximate surface area is 153 Å². The molecule has 6 heteroatoms. The number of ether oxygens (including phenoxy) is 1. The average Bonchev–Trinajstić information content (AvgIpc) is 2.98. The lowest BCUT2D eigenvalue weighted by Gasteiger charge is -2.21. The van der Waals surface area contributed by atoms with E-state index in [4.69, 9.17) is 4.74 Å². The Hall–Kier alpha value is -2.60. The lowest BCUT2D eigenvalue weighted by atomic mass is 10.2. The molecule has 0 fully saturated rings. The summed E-state index contributed by atoms with van der Waals surface area (Å²) in [6, 6.07) is 16.7. The molecule has 1 atom stereocenters. The number of halogens is 1. The van der Waals surface area contributed by atoms with Gasteiger partial charge in [0.15, 0.2) is 6.10 Å². The number of rotatable bonds is 4. The minimum absolute atomic E-state index is 0.295. The van der Waals surface area contributed by atoms with E-state index in [1.54, 1.807) is 14.0 Å². The SMILES string of the molecule is CC(OC(=O)c1[nH]c2ccccc2c1Br)C(=O)N(C)c1ccccc1. The number of para-hydroxylation sites is 2. The maximum Gasteiger partial charge on any atom is 0.356 e. The van der Waals surface area contributed by atoms with Gasteiger partial charge in [-0.25, -0.2) is 4.79 Å². The zero-order chi connectivity index (χ0) is 18.0. The van der Waals surface area contributed by atoms with Gasteiger partial charge in [-0.2, -0.15) is 0 Å². The van der Waals surface area contributed by atoms with Crippen molar-refractivity contribution < 1.29 is 14.3 Å². The van der Waals surface area contributed by atoms with Crippen molar-refractivity contribution in [2.24, 2.45) is 0 Å². The fourth-order valence-corrected chi connectivity index (χ4v) is 3.18. The van der Waals surface area contributed by atoms with Crippen molar-refractivity contribution >= 4 is 44.4 Å². The second-order valence-corrected chi connectivity index (χ2v) is 6.43. The Morgan fingerprint density at radius 2 is 1.72 bits per heavy atom. The molecular formula is C19H17BrN2O3. The van der Waals surface area contributed by atoms with Gasteiger partial charge >= 0.3 is 5.97 Å². The van der Waals surface area contributed by atoms with Crippen molar-refractivity contribution in [3.05, 3.63) is 64.8 Å². The zero-order valence-corrected chi connectivity index (χ0v) is 15.4. The predicted octanol–water partition coefficient (Wildman–Crippen LogP) is 4.14. The largest absolute Gasteiger partial charge is 0.448 e. The minimum atomic E-state index is -0.906. The Bertz CT molecular complexity index is 921. The van der Waals surface area contributed by atoms with Crippen LogP contribution in [0, 0.1) is 0 Å². The molecule has 0 saturated carbocycles. The molecule has 2 aromatic carbocycles. The first-order chi connectivity index (χ1) is 12.0. The van der Waals surface area contributed by atoms with E-state index in [0.717, 1.165) is 16.6 Å². The molecule has 128 valence electrons. The van der Waals surface area contributed by atoms with E-state index in [1.165, 1.54) is 4.90 Å². The molecule has 0 radical (unpaired) electrons. The van der Waals surface area contributed by atoms with Crippen molar-refractivity contribution in [3.8, 4) is 0 Å². The molecule has 0 aliphatic heterocycles. The van der Waals surface area contributed by atoms with Crippen LogP contribution in [0.15, 0.2) is 59.1 Å². The zero-order valence-electron chi connectivity index (χ0n) is 13.8. The van der Waals surface area contributed by atoms with Gasteiger partial charge in [0.1, 0.15) is 5.69 Å². The molecular weight excluding hydrogens is 384 g/mol. The van der Waals surface area contributed by atoms with Gasteiger partial charge in [-0.1, -0.05) is 36.4 Å². The number of carbonyl (C=O) groups excluding carboxylic acids is 2. The van der Waals surface area contributed by atoms with E-state index in [0.29, 0.717) is 10.2 Å². The lowest BCUT2D eigenvalue weighted by Crippen LogP contribution is -2.37. The quantitative estimate of drug-likeness (QED) is 0.669. The highest BCUT2D eigenvalue weighted by Gasteiger charge is 2.25. The third kappa shape index (κ3) is 3.44. The van der Waals surface area contributed by atoms with E-state index in [9.17, 15) is 9.59 Å². The van der Waals surface area contributed by atoms with Crippen LogP contribution in [0.4, 0.5) is 5.69 Å². The summed E-state index contributed by atoms with van der Waals surface area (Å²) in [5.74, 6) is -0.878. The van der Waals surface area contributed by atoms with E-state index >= 15 is 0 Å². The maximum atomic E-state index is 12.5. The van der Waals surface area contributed by atoms with Crippen LogP contribution in [0.5, 0.6) is 0 Å². The maximum absolute atomic E-state index is 12.5. The molecule has 25 heavy (non-hydrogen) atoms.